The molecule has 0 amide bonds. The van der Waals surface area contributed by atoms with Gasteiger partial charge in [-0.1, -0.05) is 0 Å². The summed E-state index contributed by atoms with van der Waals surface area (Å²) < 4.78 is 0. The number of aryl methyl sites for hydroxylation is 1. The molecule has 0 aromatic carbocycles. The largest absolute Gasteiger partial charge is 0.369 e. The average Bonchev–Trinajstić information content (AvgIpc) is 2.86. The van der Waals surface area contributed by atoms with E-state index in [9.17, 15) is 0 Å². The molecular formula is C13H18N4S. The number of nitrogens with zero attached hydrogens (tertiary/aromatic N) is 2. The lowest BCUT2D eigenvalue weighted by molar-refractivity contribution is 0.991. The molecule has 5 heteroatoms. The number of nitrogens with one attached hydrogen (secondary N) is 2. The lowest BCUT2D eigenvalue weighted by Gasteiger charge is -2.09. The molecule has 18 heavy (non-hydrogen) atoms. The van der Waals surface area contributed by atoms with Gasteiger partial charge in [-0.15, -0.1) is 0 Å². The van der Waals surface area contributed by atoms with E-state index in [2.05, 4.69) is 37.4 Å². The first kappa shape index (κ1) is 12.8. The van der Waals surface area contributed by atoms with Crippen molar-refractivity contribution in [2.45, 2.75) is 20.3 Å². The number of aromatic nitrogens is 2. The van der Waals surface area contributed by atoms with Crippen LogP contribution >= 0.6 is 11.3 Å². The van der Waals surface area contributed by atoms with Gasteiger partial charge in [-0.2, -0.15) is 16.3 Å². The third-order valence-corrected chi connectivity index (χ3v) is 3.32. The molecule has 0 saturated heterocycles. The summed E-state index contributed by atoms with van der Waals surface area (Å²) in [5.41, 5.74) is 2.44. The molecule has 2 heterocycles. The Hall–Kier alpha value is -1.62. The molecule has 0 fully saturated rings. The van der Waals surface area contributed by atoms with Crippen LogP contribution in [0.4, 0.5) is 11.8 Å². The lowest BCUT2D eigenvalue weighted by atomic mass is 10.2. The van der Waals surface area contributed by atoms with E-state index in [0.717, 1.165) is 30.9 Å². The molecule has 0 spiro atoms. The van der Waals surface area contributed by atoms with Crippen molar-refractivity contribution in [2.24, 2.45) is 0 Å². The van der Waals surface area contributed by atoms with Gasteiger partial charge in [0.05, 0.1) is 0 Å². The number of hydrogen-bond acceptors (Lipinski definition) is 5. The maximum atomic E-state index is 4.45. The molecule has 0 unspecified atom stereocenters. The van der Waals surface area contributed by atoms with Gasteiger partial charge in [0, 0.05) is 24.8 Å². The molecule has 2 rings (SSSR count). The molecule has 2 N–H and O–H groups in total. The first-order valence-corrected chi connectivity index (χ1v) is 7.06. The number of thiophene rings is 1. The maximum Gasteiger partial charge on any atom is 0.224 e. The summed E-state index contributed by atoms with van der Waals surface area (Å²) >= 11 is 1.73. The van der Waals surface area contributed by atoms with Gasteiger partial charge in [0.25, 0.3) is 0 Å². The van der Waals surface area contributed by atoms with Crippen LogP contribution in [0.5, 0.6) is 0 Å². The summed E-state index contributed by atoms with van der Waals surface area (Å²) in [4.78, 5) is 8.68. The summed E-state index contributed by atoms with van der Waals surface area (Å²) in [5, 5.41) is 10.8. The summed E-state index contributed by atoms with van der Waals surface area (Å²) in [6, 6.07) is 2.16. The van der Waals surface area contributed by atoms with Gasteiger partial charge in [0.2, 0.25) is 5.95 Å². The van der Waals surface area contributed by atoms with Crippen LogP contribution in [0.3, 0.4) is 0 Å². The molecule has 0 bridgehead atoms. The van der Waals surface area contributed by atoms with Crippen LogP contribution in [-0.2, 0) is 6.42 Å². The summed E-state index contributed by atoms with van der Waals surface area (Å²) in [5.74, 6) is 1.59. The summed E-state index contributed by atoms with van der Waals surface area (Å²) in [7, 11) is 0. The molecule has 0 radical (unpaired) electrons. The Kier molecular flexibility index (Phi) is 4.52. The Bertz CT molecular complexity index is 482. The van der Waals surface area contributed by atoms with Crippen molar-refractivity contribution >= 4 is 23.1 Å². The second-order valence-electron chi connectivity index (χ2n) is 4.06. The topological polar surface area (TPSA) is 49.8 Å². The second-order valence-corrected chi connectivity index (χ2v) is 4.84. The number of hydrogen-bond donors (Lipinski definition) is 2. The molecule has 2 aromatic heterocycles. The van der Waals surface area contributed by atoms with Crippen LogP contribution < -0.4 is 10.6 Å². The van der Waals surface area contributed by atoms with Gasteiger partial charge in [-0.25, -0.2) is 4.98 Å². The van der Waals surface area contributed by atoms with Crippen LogP contribution in [0.15, 0.2) is 23.0 Å². The Labute approximate surface area is 111 Å². The van der Waals surface area contributed by atoms with Gasteiger partial charge >= 0.3 is 0 Å². The molecule has 0 aliphatic rings. The normalized spacial score (nSPS) is 10.3. The molecule has 0 atom stereocenters. The van der Waals surface area contributed by atoms with Crippen molar-refractivity contribution in [1.29, 1.82) is 0 Å². The highest BCUT2D eigenvalue weighted by Gasteiger charge is 2.02. The van der Waals surface area contributed by atoms with Crippen molar-refractivity contribution in [1.82, 2.24) is 9.97 Å². The third-order valence-electron chi connectivity index (χ3n) is 2.59. The maximum absolute atomic E-state index is 4.45. The van der Waals surface area contributed by atoms with E-state index in [4.69, 9.17) is 0 Å². The van der Waals surface area contributed by atoms with E-state index in [-0.39, 0.29) is 0 Å². The number of anilines is 2. The fourth-order valence-electron chi connectivity index (χ4n) is 1.62. The molecule has 96 valence electrons. The van der Waals surface area contributed by atoms with Crippen LogP contribution in [-0.4, -0.2) is 23.1 Å². The van der Waals surface area contributed by atoms with Gasteiger partial charge in [-0.3, -0.25) is 0 Å². The van der Waals surface area contributed by atoms with Crippen molar-refractivity contribution in [2.75, 3.05) is 23.7 Å². The van der Waals surface area contributed by atoms with Crippen molar-refractivity contribution < 1.29 is 0 Å². The average molecular weight is 262 g/mol. The van der Waals surface area contributed by atoms with E-state index in [0.29, 0.717) is 5.95 Å². The van der Waals surface area contributed by atoms with E-state index in [1.807, 2.05) is 20.0 Å². The standard InChI is InChI=1S/C13H18N4S/c1-3-14-13-16-8-10(2)12(17-13)15-6-4-11-5-7-18-9-11/h5,7-9H,3-4,6H2,1-2H3,(H2,14,15,16,17). The van der Waals surface area contributed by atoms with Gasteiger partial charge in [0.15, 0.2) is 0 Å². The SMILES string of the molecule is CCNc1ncc(C)c(NCCc2ccsc2)n1. The Balaban J connectivity index is 1.93. The lowest BCUT2D eigenvalue weighted by Crippen LogP contribution is -2.10. The Morgan fingerprint density at radius 1 is 1.33 bits per heavy atom. The zero-order valence-electron chi connectivity index (χ0n) is 10.7. The minimum absolute atomic E-state index is 0.682. The van der Waals surface area contributed by atoms with Crippen LogP contribution in [0.25, 0.3) is 0 Å². The third kappa shape index (κ3) is 3.43. The Morgan fingerprint density at radius 3 is 2.94 bits per heavy atom. The molecule has 0 aliphatic heterocycles. The first-order valence-electron chi connectivity index (χ1n) is 6.12. The van der Waals surface area contributed by atoms with E-state index >= 15 is 0 Å². The highest BCUT2D eigenvalue weighted by Crippen LogP contribution is 2.13. The minimum atomic E-state index is 0.682. The van der Waals surface area contributed by atoms with Crippen molar-refractivity contribution in [3.8, 4) is 0 Å². The predicted octanol–water partition coefficient (Wildman–Crippen LogP) is 2.93. The highest BCUT2D eigenvalue weighted by molar-refractivity contribution is 7.07. The number of rotatable bonds is 6. The molecular weight excluding hydrogens is 244 g/mol. The smallest absolute Gasteiger partial charge is 0.224 e. The van der Waals surface area contributed by atoms with E-state index in [1.165, 1.54) is 5.56 Å². The molecule has 4 nitrogen and oxygen atoms in total. The highest BCUT2D eigenvalue weighted by atomic mass is 32.1. The monoisotopic (exact) mass is 262 g/mol. The molecule has 0 saturated carbocycles. The van der Waals surface area contributed by atoms with Crippen LogP contribution in [0.2, 0.25) is 0 Å². The fourth-order valence-corrected chi connectivity index (χ4v) is 2.33. The van der Waals surface area contributed by atoms with Gasteiger partial charge in [-0.05, 0) is 42.7 Å². The minimum Gasteiger partial charge on any atom is -0.369 e. The van der Waals surface area contributed by atoms with Crippen molar-refractivity contribution in [3.63, 3.8) is 0 Å². The quantitative estimate of drug-likeness (QED) is 0.840. The van der Waals surface area contributed by atoms with Crippen LogP contribution in [0, 0.1) is 6.92 Å². The Morgan fingerprint density at radius 2 is 2.22 bits per heavy atom. The first-order chi connectivity index (χ1) is 8.79. The summed E-state index contributed by atoms with van der Waals surface area (Å²) in [6.45, 7) is 5.77. The van der Waals surface area contributed by atoms with E-state index < -0.39 is 0 Å². The zero-order chi connectivity index (χ0) is 12.8. The van der Waals surface area contributed by atoms with Gasteiger partial charge in [0.1, 0.15) is 5.82 Å². The second kappa shape index (κ2) is 6.35. The predicted molar refractivity (Wildman–Crippen MR) is 77.4 cm³/mol. The summed E-state index contributed by atoms with van der Waals surface area (Å²) in [6.07, 6.45) is 2.86. The molecule has 2 aromatic rings. The zero-order valence-corrected chi connectivity index (χ0v) is 11.5. The van der Waals surface area contributed by atoms with Crippen LogP contribution in [0.1, 0.15) is 18.1 Å². The molecule has 0 aliphatic carbocycles. The van der Waals surface area contributed by atoms with Gasteiger partial charge < -0.3 is 10.6 Å². The van der Waals surface area contributed by atoms with Crippen molar-refractivity contribution in [3.05, 3.63) is 34.2 Å². The fraction of sp³-hybridized carbons (Fsp3) is 0.385. The van der Waals surface area contributed by atoms with E-state index in [1.54, 1.807) is 11.3 Å².